The Balaban J connectivity index is 1.61. The number of rotatable bonds is 6. The van der Waals surface area contributed by atoms with Crippen molar-refractivity contribution < 1.29 is 4.74 Å². The van der Waals surface area contributed by atoms with Crippen LogP contribution in [0.25, 0.3) is 0 Å². The molecule has 1 aliphatic heterocycles. The number of hydrogen-bond acceptors (Lipinski definition) is 8. The lowest BCUT2D eigenvalue weighted by Gasteiger charge is -2.27. The molecule has 4 rings (SSSR count). The topological polar surface area (TPSA) is 87.6 Å². The Hall–Kier alpha value is -3.04. The van der Waals surface area contributed by atoms with Gasteiger partial charge in [0.05, 0.1) is 18.9 Å². The van der Waals surface area contributed by atoms with E-state index in [9.17, 15) is 0 Å². The summed E-state index contributed by atoms with van der Waals surface area (Å²) in [5.74, 6) is 1.40. The van der Waals surface area contributed by atoms with Crippen LogP contribution in [0.1, 0.15) is 12.5 Å². The molecule has 2 heterocycles. The van der Waals surface area contributed by atoms with E-state index < -0.39 is 0 Å². The van der Waals surface area contributed by atoms with Gasteiger partial charge in [-0.15, -0.1) is 0 Å². The van der Waals surface area contributed by atoms with Crippen molar-refractivity contribution in [3.05, 3.63) is 64.6 Å². The Kier molecular flexibility index (Phi) is 6.50. The fourth-order valence-electron chi connectivity index (χ4n) is 2.95. The molecule has 1 aromatic heterocycles. The maximum Gasteiger partial charge on any atom is 0.250 e. The minimum absolute atomic E-state index is 0.374. The van der Waals surface area contributed by atoms with E-state index >= 15 is 0 Å². The van der Waals surface area contributed by atoms with Gasteiger partial charge in [-0.25, -0.2) is 5.43 Å². The highest BCUT2D eigenvalue weighted by atomic mass is 79.9. The second kappa shape index (κ2) is 9.64. The minimum Gasteiger partial charge on any atom is -0.378 e. The van der Waals surface area contributed by atoms with E-state index in [-0.39, 0.29) is 0 Å². The van der Waals surface area contributed by atoms with Crippen molar-refractivity contribution in [2.75, 3.05) is 41.9 Å². The van der Waals surface area contributed by atoms with Crippen molar-refractivity contribution >= 4 is 45.2 Å². The van der Waals surface area contributed by atoms with Crippen LogP contribution in [-0.2, 0) is 4.74 Å². The molecular formula is C21H22BrN7O. The molecule has 1 saturated heterocycles. The predicted octanol–water partition coefficient (Wildman–Crippen LogP) is 4.05. The van der Waals surface area contributed by atoms with Crippen LogP contribution >= 0.6 is 15.9 Å². The van der Waals surface area contributed by atoms with Crippen molar-refractivity contribution in [1.82, 2.24) is 15.0 Å². The number of benzene rings is 2. The highest BCUT2D eigenvalue weighted by Crippen LogP contribution is 2.21. The van der Waals surface area contributed by atoms with Crippen LogP contribution in [0.3, 0.4) is 0 Å². The molecule has 8 nitrogen and oxygen atoms in total. The van der Waals surface area contributed by atoms with Crippen molar-refractivity contribution in [1.29, 1.82) is 0 Å². The number of morpholine rings is 1. The average Bonchev–Trinajstić information content (AvgIpc) is 2.78. The first kappa shape index (κ1) is 20.2. The van der Waals surface area contributed by atoms with Crippen LogP contribution < -0.4 is 15.6 Å². The third-order valence-corrected chi connectivity index (χ3v) is 5.01. The lowest BCUT2D eigenvalue weighted by Crippen LogP contribution is -2.37. The van der Waals surface area contributed by atoms with Crippen molar-refractivity contribution in [3.8, 4) is 0 Å². The van der Waals surface area contributed by atoms with Crippen LogP contribution in [0, 0.1) is 0 Å². The van der Waals surface area contributed by atoms with E-state index in [0.29, 0.717) is 31.1 Å². The highest BCUT2D eigenvalue weighted by molar-refractivity contribution is 9.10. The lowest BCUT2D eigenvalue weighted by atomic mass is 10.1. The second-order valence-corrected chi connectivity index (χ2v) is 7.61. The molecule has 3 aromatic rings. The van der Waals surface area contributed by atoms with Gasteiger partial charge in [0, 0.05) is 23.2 Å². The van der Waals surface area contributed by atoms with Gasteiger partial charge >= 0.3 is 0 Å². The zero-order chi connectivity index (χ0) is 20.8. The van der Waals surface area contributed by atoms with Crippen LogP contribution in [0.15, 0.2) is 64.2 Å². The average molecular weight is 468 g/mol. The number of hydrogen-bond donors (Lipinski definition) is 2. The summed E-state index contributed by atoms with van der Waals surface area (Å²) in [6.45, 7) is 4.69. The second-order valence-electron chi connectivity index (χ2n) is 6.69. The standard InChI is InChI=1S/C21H22BrN7O/c1-15(16-6-3-2-4-7-16)27-28-20-24-19(23-18-9-5-8-17(22)14-18)25-21(26-20)29-10-12-30-13-11-29/h2-9,14H,10-13H2,1H3,(H2,23,24,25,26,28)/b27-15+. The van der Waals surface area contributed by atoms with Gasteiger partial charge in [0.15, 0.2) is 0 Å². The zero-order valence-electron chi connectivity index (χ0n) is 16.5. The van der Waals surface area contributed by atoms with Gasteiger partial charge in [-0.2, -0.15) is 20.1 Å². The van der Waals surface area contributed by atoms with Gasteiger partial charge in [0.1, 0.15) is 0 Å². The first-order valence-electron chi connectivity index (χ1n) is 9.64. The molecule has 30 heavy (non-hydrogen) atoms. The molecule has 1 fully saturated rings. The fourth-order valence-corrected chi connectivity index (χ4v) is 3.35. The first-order chi connectivity index (χ1) is 14.7. The van der Waals surface area contributed by atoms with E-state index in [0.717, 1.165) is 34.5 Å². The summed E-state index contributed by atoms with van der Waals surface area (Å²) in [6, 6.07) is 17.8. The smallest absolute Gasteiger partial charge is 0.250 e. The molecule has 0 unspecified atom stereocenters. The molecule has 0 radical (unpaired) electrons. The maximum atomic E-state index is 5.45. The molecule has 2 N–H and O–H groups in total. The number of nitrogens with one attached hydrogen (secondary N) is 2. The molecule has 2 aromatic carbocycles. The summed E-state index contributed by atoms with van der Waals surface area (Å²) in [5, 5.41) is 7.69. The normalized spacial score (nSPS) is 14.5. The Morgan fingerprint density at radius 3 is 2.53 bits per heavy atom. The molecule has 0 bridgehead atoms. The molecule has 0 aliphatic carbocycles. The van der Waals surface area contributed by atoms with E-state index in [1.807, 2.05) is 61.5 Å². The van der Waals surface area contributed by atoms with Crippen LogP contribution in [0.5, 0.6) is 0 Å². The van der Waals surface area contributed by atoms with Crippen molar-refractivity contribution in [2.45, 2.75) is 6.92 Å². The van der Waals surface area contributed by atoms with Crippen molar-refractivity contribution in [2.24, 2.45) is 5.10 Å². The first-order valence-corrected chi connectivity index (χ1v) is 10.4. The van der Waals surface area contributed by atoms with Gasteiger partial charge in [0.25, 0.3) is 0 Å². The summed E-state index contributed by atoms with van der Waals surface area (Å²) >= 11 is 3.48. The van der Waals surface area contributed by atoms with Crippen LogP contribution in [-0.4, -0.2) is 47.0 Å². The Labute approximate surface area is 183 Å². The monoisotopic (exact) mass is 467 g/mol. The highest BCUT2D eigenvalue weighted by Gasteiger charge is 2.17. The molecule has 154 valence electrons. The molecule has 9 heteroatoms. The lowest BCUT2D eigenvalue weighted by molar-refractivity contribution is 0.122. The third-order valence-electron chi connectivity index (χ3n) is 4.51. The molecular weight excluding hydrogens is 446 g/mol. The summed E-state index contributed by atoms with van der Waals surface area (Å²) in [5.41, 5.74) is 5.72. The number of ether oxygens (including phenoxy) is 1. The van der Waals surface area contributed by atoms with Gasteiger partial charge in [0.2, 0.25) is 17.8 Å². The van der Waals surface area contributed by atoms with E-state index in [1.165, 1.54) is 0 Å². The molecule has 0 spiro atoms. The quantitative estimate of drug-likeness (QED) is 0.417. The Bertz CT molecular complexity index is 1020. The largest absolute Gasteiger partial charge is 0.378 e. The van der Waals surface area contributed by atoms with Crippen molar-refractivity contribution in [3.63, 3.8) is 0 Å². The Morgan fingerprint density at radius 1 is 1.00 bits per heavy atom. The SMILES string of the molecule is C/C(=N\Nc1nc(Nc2cccc(Br)c2)nc(N2CCOCC2)n1)c1ccccc1. The van der Waals surface area contributed by atoms with Gasteiger partial charge < -0.3 is 15.0 Å². The predicted molar refractivity (Wildman–Crippen MR) is 123 cm³/mol. The third kappa shape index (κ3) is 5.31. The maximum absolute atomic E-state index is 5.45. The zero-order valence-corrected chi connectivity index (χ0v) is 18.1. The number of aromatic nitrogens is 3. The minimum atomic E-state index is 0.374. The van der Waals surface area contributed by atoms with Gasteiger partial charge in [-0.05, 0) is 30.7 Å². The summed E-state index contributed by atoms with van der Waals surface area (Å²) in [6.07, 6.45) is 0. The molecule has 0 amide bonds. The van der Waals surface area contributed by atoms with E-state index in [1.54, 1.807) is 0 Å². The molecule has 0 atom stereocenters. The summed E-state index contributed by atoms with van der Waals surface area (Å²) < 4.78 is 6.42. The van der Waals surface area contributed by atoms with Gasteiger partial charge in [-0.3, -0.25) is 0 Å². The number of hydrazone groups is 1. The fraction of sp³-hybridized carbons (Fsp3) is 0.238. The van der Waals surface area contributed by atoms with E-state index in [4.69, 9.17) is 4.74 Å². The molecule has 1 aliphatic rings. The molecule has 0 saturated carbocycles. The number of nitrogens with zero attached hydrogens (tertiary/aromatic N) is 5. The summed E-state index contributed by atoms with van der Waals surface area (Å²) in [7, 11) is 0. The van der Waals surface area contributed by atoms with Crippen LogP contribution in [0.4, 0.5) is 23.5 Å². The number of anilines is 4. The van der Waals surface area contributed by atoms with E-state index in [2.05, 4.69) is 51.6 Å². The van der Waals surface area contributed by atoms with Gasteiger partial charge in [-0.1, -0.05) is 52.3 Å². The van der Waals surface area contributed by atoms with Crippen LogP contribution in [0.2, 0.25) is 0 Å². The Morgan fingerprint density at radius 2 is 1.77 bits per heavy atom. The summed E-state index contributed by atoms with van der Waals surface area (Å²) in [4.78, 5) is 15.7. The number of halogens is 1.